The van der Waals surface area contributed by atoms with Crippen LogP contribution < -0.4 is 4.74 Å². The van der Waals surface area contributed by atoms with E-state index in [0.29, 0.717) is 0 Å². The molecule has 1 aromatic rings. The van der Waals surface area contributed by atoms with Gasteiger partial charge in [0.05, 0.1) is 11.8 Å². The predicted molar refractivity (Wildman–Crippen MR) is 51.5 cm³/mol. The molecule has 82 valence electrons. The Hall–Kier alpha value is -1.45. The number of rotatable bonds is 3. The summed E-state index contributed by atoms with van der Waals surface area (Å²) in [5, 5.41) is 0. The van der Waals surface area contributed by atoms with Gasteiger partial charge in [-0.25, -0.2) is 0 Å². The lowest BCUT2D eigenvalue weighted by Crippen LogP contribution is -2.04. The zero-order chi connectivity index (χ0) is 11.3. The zero-order valence-electron chi connectivity index (χ0n) is 8.21. The second-order valence-corrected chi connectivity index (χ2v) is 2.92. The van der Waals surface area contributed by atoms with Crippen LogP contribution in [0.2, 0.25) is 0 Å². The molecule has 0 atom stereocenters. The molecule has 4 heteroatoms. The minimum Gasteiger partial charge on any atom is -0.465 e. The fraction of sp³-hybridized carbons (Fsp3) is 0.273. The quantitative estimate of drug-likeness (QED) is 0.693. The monoisotopic (exact) mass is 216 g/mol. The summed E-state index contributed by atoms with van der Waals surface area (Å²) < 4.78 is 41.8. The van der Waals surface area contributed by atoms with Crippen molar-refractivity contribution >= 4 is 0 Å². The number of hydrogen-bond donors (Lipinski definition) is 0. The van der Waals surface area contributed by atoms with E-state index >= 15 is 0 Å². The van der Waals surface area contributed by atoms with Crippen LogP contribution in [0.15, 0.2) is 36.6 Å². The van der Waals surface area contributed by atoms with Crippen molar-refractivity contribution in [3.63, 3.8) is 0 Å². The van der Waals surface area contributed by atoms with Crippen LogP contribution in [0.3, 0.4) is 0 Å². The standard InChI is InChI=1S/C11H11F3O/c1-2-3-7-15-10-6-4-5-9(8-10)11(12,13)14/h3-8H,2H2,1H3/b7-3+. The molecule has 0 fully saturated rings. The normalized spacial score (nSPS) is 12.0. The molecule has 0 bridgehead atoms. The highest BCUT2D eigenvalue weighted by atomic mass is 19.4. The molecule has 0 radical (unpaired) electrons. The van der Waals surface area contributed by atoms with Crippen LogP contribution in [-0.4, -0.2) is 0 Å². The lowest BCUT2D eigenvalue weighted by atomic mass is 10.2. The second kappa shape index (κ2) is 4.87. The van der Waals surface area contributed by atoms with Gasteiger partial charge in [0.2, 0.25) is 0 Å². The van der Waals surface area contributed by atoms with Crippen molar-refractivity contribution in [3.05, 3.63) is 42.2 Å². The smallest absolute Gasteiger partial charge is 0.416 e. The average Bonchev–Trinajstić information content (AvgIpc) is 2.17. The maximum absolute atomic E-state index is 12.3. The third-order valence-electron chi connectivity index (χ3n) is 1.70. The van der Waals surface area contributed by atoms with Crippen molar-refractivity contribution in [1.29, 1.82) is 0 Å². The van der Waals surface area contributed by atoms with E-state index < -0.39 is 11.7 Å². The Kier molecular flexibility index (Phi) is 3.77. The zero-order valence-corrected chi connectivity index (χ0v) is 8.21. The van der Waals surface area contributed by atoms with E-state index in [4.69, 9.17) is 4.74 Å². The van der Waals surface area contributed by atoms with Crippen LogP contribution in [-0.2, 0) is 6.18 Å². The average molecular weight is 216 g/mol. The van der Waals surface area contributed by atoms with E-state index in [1.165, 1.54) is 18.4 Å². The topological polar surface area (TPSA) is 9.23 Å². The van der Waals surface area contributed by atoms with Crippen molar-refractivity contribution in [2.75, 3.05) is 0 Å². The molecule has 1 aromatic carbocycles. The third kappa shape index (κ3) is 3.65. The van der Waals surface area contributed by atoms with Gasteiger partial charge < -0.3 is 4.74 Å². The second-order valence-electron chi connectivity index (χ2n) is 2.92. The minimum atomic E-state index is -4.33. The molecule has 1 rings (SSSR count). The van der Waals surface area contributed by atoms with Gasteiger partial charge in [0.1, 0.15) is 5.75 Å². The maximum atomic E-state index is 12.3. The molecular weight excluding hydrogens is 205 g/mol. The van der Waals surface area contributed by atoms with Gasteiger partial charge in [0.15, 0.2) is 0 Å². The highest BCUT2D eigenvalue weighted by Gasteiger charge is 2.30. The van der Waals surface area contributed by atoms with Crippen molar-refractivity contribution in [2.45, 2.75) is 19.5 Å². The number of alkyl halides is 3. The first-order chi connectivity index (χ1) is 7.04. The molecule has 0 spiro atoms. The van der Waals surface area contributed by atoms with Crippen molar-refractivity contribution in [1.82, 2.24) is 0 Å². The van der Waals surface area contributed by atoms with Gasteiger partial charge in [0.25, 0.3) is 0 Å². The summed E-state index contributed by atoms with van der Waals surface area (Å²) in [5.74, 6) is 0.189. The van der Waals surface area contributed by atoms with E-state index in [1.54, 1.807) is 6.08 Å². The SMILES string of the molecule is CC/C=C/Oc1cccc(C(F)(F)F)c1. The summed E-state index contributed by atoms with van der Waals surface area (Å²) in [7, 11) is 0. The largest absolute Gasteiger partial charge is 0.465 e. The van der Waals surface area contributed by atoms with Gasteiger partial charge in [-0.3, -0.25) is 0 Å². The Labute approximate surface area is 86.2 Å². The third-order valence-corrected chi connectivity index (χ3v) is 1.70. The molecule has 0 aliphatic carbocycles. The van der Waals surface area contributed by atoms with Crippen LogP contribution in [0.25, 0.3) is 0 Å². The van der Waals surface area contributed by atoms with Crippen LogP contribution in [0.4, 0.5) is 13.2 Å². The van der Waals surface area contributed by atoms with Gasteiger partial charge in [-0.15, -0.1) is 0 Å². The van der Waals surface area contributed by atoms with Crippen molar-refractivity contribution in [2.24, 2.45) is 0 Å². The summed E-state index contributed by atoms with van der Waals surface area (Å²) >= 11 is 0. The van der Waals surface area contributed by atoms with E-state index in [0.717, 1.165) is 18.6 Å². The van der Waals surface area contributed by atoms with Gasteiger partial charge in [-0.05, 0) is 30.7 Å². The van der Waals surface area contributed by atoms with Crippen LogP contribution in [0.5, 0.6) is 5.75 Å². The summed E-state index contributed by atoms with van der Waals surface area (Å²) in [4.78, 5) is 0. The Morgan fingerprint density at radius 3 is 2.67 bits per heavy atom. The predicted octanol–water partition coefficient (Wildman–Crippen LogP) is 4.01. The molecule has 0 amide bonds. The van der Waals surface area contributed by atoms with Crippen LogP contribution in [0.1, 0.15) is 18.9 Å². The fourth-order valence-corrected chi connectivity index (χ4v) is 0.969. The Morgan fingerprint density at radius 2 is 2.07 bits per heavy atom. The summed E-state index contributed by atoms with van der Waals surface area (Å²) in [6.45, 7) is 1.91. The molecule has 0 heterocycles. The lowest BCUT2D eigenvalue weighted by Gasteiger charge is -2.07. The van der Waals surface area contributed by atoms with Gasteiger partial charge in [-0.1, -0.05) is 13.0 Å². The molecule has 0 aliphatic heterocycles. The first kappa shape index (κ1) is 11.6. The number of halogens is 3. The number of hydrogen-bond acceptors (Lipinski definition) is 1. The highest BCUT2D eigenvalue weighted by Crippen LogP contribution is 2.31. The van der Waals surface area contributed by atoms with Gasteiger partial charge >= 0.3 is 6.18 Å². The Morgan fingerprint density at radius 1 is 1.33 bits per heavy atom. The molecule has 0 aromatic heterocycles. The summed E-state index contributed by atoms with van der Waals surface area (Å²) in [6.07, 6.45) is -0.442. The first-order valence-electron chi connectivity index (χ1n) is 4.53. The van der Waals surface area contributed by atoms with Gasteiger partial charge in [0, 0.05) is 0 Å². The van der Waals surface area contributed by atoms with E-state index in [1.807, 2.05) is 6.92 Å². The minimum absolute atomic E-state index is 0.189. The molecule has 1 nitrogen and oxygen atoms in total. The van der Waals surface area contributed by atoms with E-state index in [2.05, 4.69) is 0 Å². The molecule has 0 unspecified atom stereocenters. The highest BCUT2D eigenvalue weighted by molar-refractivity contribution is 5.30. The first-order valence-corrected chi connectivity index (χ1v) is 4.53. The van der Waals surface area contributed by atoms with Crippen LogP contribution >= 0.6 is 0 Å². The molecule has 0 saturated carbocycles. The summed E-state index contributed by atoms with van der Waals surface area (Å²) in [5.41, 5.74) is -0.704. The number of ether oxygens (including phenoxy) is 1. The van der Waals surface area contributed by atoms with E-state index in [-0.39, 0.29) is 5.75 Å². The molecule has 0 N–H and O–H groups in total. The molecule has 0 aliphatic rings. The van der Waals surface area contributed by atoms with Crippen LogP contribution in [0, 0.1) is 0 Å². The fourth-order valence-electron chi connectivity index (χ4n) is 0.969. The maximum Gasteiger partial charge on any atom is 0.416 e. The Bertz CT molecular complexity index is 342. The summed E-state index contributed by atoms with van der Waals surface area (Å²) in [6, 6.07) is 4.78. The van der Waals surface area contributed by atoms with Crippen molar-refractivity contribution in [3.8, 4) is 5.75 Å². The number of benzene rings is 1. The number of allylic oxidation sites excluding steroid dienone is 1. The van der Waals surface area contributed by atoms with E-state index in [9.17, 15) is 13.2 Å². The lowest BCUT2D eigenvalue weighted by molar-refractivity contribution is -0.137. The molecule has 15 heavy (non-hydrogen) atoms. The van der Waals surface area contributed by atoms with Crippen molar-refractivity contribution < 1.29 is 17.9 Å². The molecular formula is C11H11F3O. The molecule has 0 saturated heterocycles. The van der Waals surface area contributed by atoms with Gasteiger partial charge in [-0.2, -0.15) is 13.2 Å². The Balaban J connectivity index is 2.79.